The van der Waals surface area contributed by atoms with Gasteiger partial charge in [-0.3, -0.25) is 4.90 Å². The molecule has 1 N–H and O–H groups in total. The molecule has 0 radical (unpaired) electrons. The Kier molecular flexibility index (Phi) is 7.65. The topological polar surface area (TPSA) is 73.8 Å². The van der Waals surface area contributed by atoms with E-state index in [2.05, 4.69) is 34.0 Å². The highest BCUT2D eigenvalue weighted by atomic mass is 16.5. The van der Waals surface area contributed by atoms with Crippen molar-refractivity contribution < 1.29 is 9.53 Å². The number of nitrogens with zero attached hydrogens (tertiary/aromatic N) is 5. The smallest absolute Gasteiger partial charge is 0.325 e. The van der Waals surface area contributed by atoms with Crippen LogP contribution in [0.5, 0.6) is 5.75 Å². The zero-order chi connectivity index (χ0) is 23.2. The first kappa shape index (κ1) is 23.3. The van der Waals surface area contributed by atoms with E-state index >= 15 is 0 Å². The number of fused-ring (bicyclic) bond motifs is 1. The van der Waals surface area contributed by atoms with E-state index in [1.165, 1.54) is 19.3 Å². The van der Waals surface area contributed by atoms with Gasteiger partial charge in [0.1, 0.15) is 18.2 Å². The lowest BCUT2D eigenvalue weighted by molar-refractivity contribution is 0.153. The maximum Gasteiger partial charge on any atom is 0.325 e. The summed E-state index contributed by atoms with van der Waals surface area (Å²) in [5.74, 6) is 2.00. The van der Waals surface area contributed by atoms with Crippen LogP contribution in [-0.4, -0.2) is 65.1 Å². The first-order chi connectivity index (χ1) is 16.1. The maximum atomic E-state index is 13.0. The zero-order valence-electron chi connectivity index (χ0n) is 20.1. The summed E-state index contributed by atoms with van der Waals surface area (Å²) in [4.78, 5) is 28.2. The number of carbonyl (C=O) groups excluding carboxylic acids is 1. The number of amides is 2. The van der Waals surface area contributed by atoms with Crippen molar-refractivity contribution in [1.82, 2.24) is 19.8 Å². The summed E-state index contributed by atoms with van der Waals surface area (Å²) >= 11 is 0. The van der Waals surface area contributed by atoms with Crippen LogP contribution in [0.4, 0.5) is 22.2 Å². The summed E-state index contributed by atoms with van der Waals surface area (Å²) in [5, 5.41) is 3.25. The average molecular weight is 453 g/mol. The van der Waals surface area contributed by atoms with E-state index in [4.69, 9.17) is 4.74 Å². The van der Waals surface area contributed by atoms with Gasteiger partial charge in [0.05, 0.1) is 6.54 Å². The van der Waals surface area contributed by atoms with Crippen LogP contribution in [0.3, 0.4) is 0 Å². The molecule has 2 aromatic rings. The molecule has 33 heavy (non-hydrogen) atoms. The molecular weight excluding hydrogens is 416 g/mol. The molecular formula is C25H36N6O2. The lowest BCUT2D eigenvalue weighted by Crippen LogP contribution is -2.50. The standard InChI is InChI=1S/C25H36N6O2/c1-4-30(5-2)15-16-33-22-13-11-20(12-14-22)27-24-26-17-19-18-31(21-9-7-6-8-10-21)25(32)29(3)23(19)28-24/h11-14,17,21H,4-10,15-16,18H2,1-3H3,(H,26,27,28). The van der Waals surface area contributed by atoms with E-state index in [-0.39, 0.29) is 6.03 Å². The fourth-order valence-corrected chi connectivity index (χ4v) is 4.67. The number of nitrogens with one attached hydrogen (secondary N) is 1. The molecule has 178 valence electrons. The Hall–Kier alpha value is -2.87. The highest BCUT2D eigenvalue weighted by Gasteiger charge is 2.34. The SMILES string of the molecule is CCN(CC)CCOc1ccc(Nc2ncc3c(n2)N(C)C(=O)N(C2CCCCC2)C3)cc1. The van der Waals surface area contributed by atoms with Crippen molar-refractivity contribution in [3.63, 3.8) is 0 Å². The third kappa shape index (κ3) is 5.55. The van der Waals surface area contributed by atoms with Crippen LogP contribution in [0.2, 0.25) is 0 Å². The molecule has 0 saturated heterocycles. The molecule has 1 aliphatic carbocycles. The van der Waals surface area contributed by atoms with Crippen molar-refractivity contribution in [3.8, 4) is 5.75 Å². The number of urea groups is 1. The second-order valence-corrected chi connectivity index (χ2v) is 8.83. The lowest BCUT2D eigenvalue weighted by atomic mass is 9.93. The molecule has 2 aliphatic rings. The molecule has 1 fully saturated rings. The lowest BCUT2D eigenvalue weighted by Gasteiger charge is -2.40. The van der Waals surface area contributed by atoms with Gasteiger partial charge in [-0.1, -0.05) is 33.1 Å². The number of likely N-dealkylation sites (N-methyl/N-ethyl adjacent to an activating group) is 1. The predicted molar refractivity (Wildman–Crippen MR) is 131 cm³/mol. The van der Waals surface area contributed by atoms with E-state index in [0.29, 0.717) is 31.0 Å². The maximum absolute atomic E-state index is 13.0. The van der Waals surface area contributed by atoms with Gasteiger partial charge in [0.2, 0.25) is 5.95 Å². The minimum atomic E-state index is 0.0327. The van der Waals surface area contributed by atoms with Gasteiger partial charge in [0.15, 0.2) is 0 Å². The average Bonchev–Trinajstić information content (AvgIpc) is 2.86. The summed E-state index contributed by atoms with van der Waals surface area (Å²) in [6, 6.07) is 8.16. The third-order valence-corrected chi connectivity index (χ3v) is 6.73. The van der Waals surface area contributed by atoms with E-state index in [0.717, 1.165) is 49.5 Å². The highest BCUT2D eigenvalue weighted by molar-refractivity contribution is 5.93. The summed E-state index contributed by atoms with van der Waals surface area (Å²) in [5.41, 5.74) is 1.87. The van der Waals surface area contributed by atoms with Crippen LogP contribution < -0.4 is 15.0 Å². The molecule has 0 atom stereocenters. The molecule has 8 heteroatoms. The van der Waals surface area contributed by atoms with Gasteiger partial charge in [-0.2, -0.15) is 4.98 Å². The van der Waals surface area contributed by atoms with Crippen molar-refractivity contribution in [1.29, 1.82) is 0 Å². The minimum Gasteiger partial charge on any atom is -0.492 e. The third-order valence-electron chi connectivity index (χ3n) is 6.73. The molecule has 8 nitrogen and oxygen atoms in total. The van der Waals surface area contributed by atoms with Crippen LogP contribution in [0.15, 0.2) is 30.5 Å². The quantitative estimate of drug-likeness (QED) is 0.597. The van der Waals surface area contributed by atoms with Gasteiger partial charge in [0.25, 0.3) is 0 Å². The fourth-order valence-electron chi connectivity index (χ4n) is 4.67. The molecule has 0 bridgehead atoms. The van der Waals surface area contributed by atoms with E-state index in [1.807, 2.05) is 35.4 Å². The molecule has 4 rings (SSSR count). The zero-order valence-corrected chi connectivity index (χ0v) is 20.1. The molecule has 1 saturated carbocycles. The molecule has 2 amide bonds. The summed E-state index contributed by atoms with van der Waals surface area (Å²) in [7, 11) is 1.80. The second kappa shape index (κ2) is 10.8. The largest absolute Gasteiger partial charge is 0.492 e. The Bertz CT molecular complexity index is 925. The minimum absolute atomic E-state index is 0.0327. The van der Waals surface area contributed by atoms with Gasteiger partial charge in [-0.25, -0.2) is 9.78 Å². The number of hydrogen-bond acceptors (Lipinski definition) is 6. The first-order valence-electron chi connectivity index (χ1n) is 12.2. The van der Waals surface area contributed by atoms with Gasteiger partial charge < -0.3 is 19.9 Å². The first-order valence-corrected chi connectivity index (χ1v) is 12.2. The van der Waals surface area contributed by atoms with Crippen molar-refractivity contribution in [2.45, 2.75) is 58.5 Å². The van der Waals surface area contributed by atoms with Crippen molar-refractivity contribution in [2.24, 2.45) is 0 Å². The Morgan fingerprint density at radius 2 is 1.85 bits per heavy atom. The Labute approximate surface area is 196 Å². The second-order valence-electron chi connectivity index (χ2n) is 8.83. The van der Waals surface area contributed by atoms with Gasteiger partial charge in [-0.15, -0.1) is 0 Å². The van der Waals surface area contributed by atoms with Crippen LogP contribution in [0.1, 0.15) is 51.5 Å². The highest BCUT2D eigenvalue weighted by Crippen LogP contribution is 2.32. The summed E-state index contributed by atoms with van der Waals surface area (Å²) < 4.78 is 5.86. The van der Waals surface area contributed by atoms with Crippen LogP contribution >= 0.6 is 0 Å². The van der Waals surface area contributed by atoms with Crippen LogP contribution in [0.25, 0.3) is 0 Å². The van der Waals surface area contributed by atoms with Crippen molar-refractivity contribution in [3.05, 3.63) is 36.0 Å². The molecule has 1 aliphatic heterocycles. The molecule has 0 unspecified atom stereocenters. The molecule has 1 aromatic heterocycles. The van der Waals surface area contributed by atoms with Crippen LogP contribution in [-0.2, 0) is 6.54 Å². The van der Waals surface area contributed by atoms with E-state index < -0.39 is 0 Å². The van der Waals surface area contributed by atoms with E-state index in [9.17, 15) is 4.79 Å². The van der Waals surface area contributed by atoms with Crippen LogP contribution in [0, 0.1) is 0 Å². The van der Waals surface area contributed by atoms with Crippen molar-refractivity contribution >= 4 is 23.5 Å². The van der Waals surface area contributed by atoms with E-state index in [1.54, 1.807) is 11.9 Å². The number of anilines is 3. The molecule has 2 heterocycles. The van der Waals surface area contributed by atoms with Gasteiger partial charge in [-0.05, 0) is 50.2 Å². The van der Waals surface area contributed by atoms with Gasteiger partial charge >= 0.3 is 6.03 Å². The number of benzene rings is 1. The van der Waals surface area contributed by atoms with Gasteiger partial charge in [0, 0.05) is 37.1 Å². The number of ether oxygens (including phenoxy) is 1. The molecule has 1 aromatic carbocycles. The summed E-state index contributed by atoms with van der Waals surface area (Å²) in [6.07, 6.45) is 7.68. The number of hydrogen-bond donors (Lipinski definition) is 1. The Morgan fingerprint density at radius 3 is 2.55 bits per heavy atom. The predicted octanol–water partition coefficient (Wildman–Crippen LogP) is 4.65. The number of carbonyl (C=O) groups is 1. The van der Waals surface area contributed by atoms with Crippen molar-refractivity contribution in [2.75, 3.05) is 43.5 Å². The number of aromatic nitrogens is 2. The normalized spacial score (nSPS) is 16.8. The monoisotopic (exact) mass is 452 g/mol. The number of rotatable bonds is 9. The Morgan fingerprint density at radius 1 is 1.12 bits per heavy atom. The summed E-state index contributed by atoms with van der Waals surface area (Å²) in [6.45, 7) is 8.55. The fraction of sp³-hybridized carbons (Fsp3) is 0.560. The molecule has 0 spiro atoms. The Balaban J connectivity index is 1.38.